The van der Waals surface area contributed by atoms with Gasteiger partial charge in [0.15, 0.2) is 0 Å². The van der Waals surface area contributed by atoms with Crippen molar-refractivity contribution in [2.45, 2.75) is 13.8 Å². The summed E-state index contributed by atoms with van der Waals surface area (Å²) in [5.41, 5.74) is 2.07. The molecule has 3 heterocycles. The van der Waals surface area contributed by atoms with Gasteiger partial charge in [0.1, 0.15) is 17.0 Å². The normalized spacial score (nSPS) is 11.5. The first-order valence-corrected chi connectivity index (χ1v) is 12.0. The number of nitrogens with one attached hydrogen (secondary N) is 1. The summed E-state index contributed by atoms with van der Waals surface area (Å²) < 4.78 is 7.87. The largest absolute Gasteiger partial charge is 0.422 e. The zero-order valence-corrected chi connectivity index (χ0v) is 20.2. The Bertz CT molecular complexity index is 1830. The predicted molar refractivity (Wildman–Crippen MR) is 139 cm³/mol. The second kappa shape index (κ2) is 8.04. The molecule has 3 aromatic heterocycles. The van der Waals surface area contributed by atoms with E-state index in [1.165, 1.54) is 11.3 Å². The zero-order chi connectivity index (χ0) is 24.3. The predicted octanol–water partition coefficient (Wildman–Crippen LogP) is 6.26. The lowest BCUT2D eigenvalue weighted by atomic mass is 10.0. The van der Waals surface area contributed by atoms with Crippen LogP contribution in [-0.4, -0.2) is 20.7 Å². The number of aryl methyl sites for hydroxylation is 2. The van der Waals surface area contributed by atoms with E-state index >= 15 is 0 Å². The molecule has 0 aliphatic rings. The van der Waals surface area contributed by atoms with E-state index in [1.807, 2.05) is 56.3 Å². The third-order valence-electron chi connectivity index (χ3n) is 5.83. The monoisotopic (exact) mass is 500 g/mol. The summed E-state index contributed by atoms with van der Waals surface area (Å²) in [6.45, 7) is 3.77. The van der Waals surface area contributed by atoms with Gasteiger partial charge in [0, 0.05) is 11.5 Å². The molecule has 35 heavy (non-hydrogen) atoms. The van der Waals surface area contributed by atoms with Gasteiger partial charge in [0.2, 0.25) is 5.13 Å². The van der Waals surface area contributed by atoms with Crippen molar-refractivity contribution in [1.82, 2.24) is 14.8 Å². The molecule has 6 rings (SSSR count). The van der Waals surface area contributed by atoms with Crippen LogP contribution in [0.2, 0.25) is 5.02 Å². The van der Waals surface area contributed by atoms with Crippen LogP contribution in [0.25, 0.3) is 37.1 Å². The molecule has 1 amide bonds. The number of thiazole rings is 1. The van der Waals surface area contributed by atoms with Crippen molar-refractivity contribution < 1.29 is 9.21 Å². The highest BCUT2D eigenvalue weighted by Gasteiger charge is 2.20. The lowest BCUT2D eigenvalue weighted by Gasteiger charge is -2.07. The second-order valence-electron chi connectivity index (χ2n) is 8.22. The van der Waals surface area contributed by atoms with Gasteiger partial charge < -0.3 is 9.73 Å². The van der Waals surface area contributed by atoms with E-state index in [0.29, 0.717) is 32.6 Å². The van der Waals surface area contributed by atoms with E-state index < -0.39 is 11.5 Å². The Morgan fingerprint density at radius 3 is 2.71 bits per heavy atom. The second-order valence-corrected chi connectivity index (χ2v) is 9.61. The topological polar surface area (TPSA) is 90.0 Å². The van der Waals surface area contributed by atoms with Gasteiger partial charge in [-0.1, -0.05) is 59.3 Å². The van der Waals surface area contributed by atoms with Crippen molar-refractivity contribution >= 4 is 66.6 Å². The molecule has 0 saturated heterocycles. The Balaban J connectivity index is 1.43. The molecule has 0 saturated carbocycles. The smallest absolute Gasteiger partial charge is 0.349 e. The molecule has 6 aromatic rings. The van der Waals surface area contributed by atoms with E-state index in [0.717, 1.165) is 26.6 Å². The summed E-state index contributed by atoms with van der Waals surface area (Å²) in [6, 6.07) is 18.4. The molecular formula is C26H17ClN4O3S. The molecule has 3 aromatic carbocycles. The van der Waals surface area contributed by atoms with Crippen molar-refractivity contribution in [3.8, 4) is 5.13 Å². The summed E-state index contributed by atoms with van der Waals surface area (Å²) in [7, 11) is 0. The molecule has 0 aliphatic heterocycles. The number of hydrogen-bond donors (Lipinski definition) is 1. The van der Waals surface area contributed by atoms with E-state index in [2.05, 4.69) is 10.4 Å². The van der Waals surface area contributed by atoms with Gasteiger partial charge in [-0.25, -0.2) is 9.78 Å². The molecule has 0 radical (unpaired) electrons. The number of anilines is 1. The van der Waals surface area contributed by atoms with Gasteiger partial charge >= 0.3 is 5.63 Å². The van der Waals surface area contributed by atoms with Crippen LogP contribution in [0.5, 0.6) is 0 Å². The third kappa shape index (κ3) is 3.58. The van der Waals surface area contributed by atoms with Gasteiger partial charge in [0.25, 0.3) is 5.91 Å². The van der Waals surface area contributed by atoms with E-state index in [9.17, 15) is 9.59 Å². The summed E-state index contributed by atoms with van der Waals surface area (Å²) >= 11 is 7.75. The van der Waals surface area contributed by atoms with Crippen LogP contribution < -0.4 is 10.9 Å². The van der Waals surface area contributed by atoms with Crippen LogP contribution in [-0.2, 0) is 0 Å². The van der Waals surface area contributed by atoms with Crippen LogP contribution in [0.3, 0.4) is 0 Å². The number of aromatic nitrogens is 3. The zero-order valence-electron chi connectivity index (χ0n) is 18.6. The lowest BCUT2D eigenvalue weighted by molar-refractivity contribution is 0.102. The summed E-state index contributed by atoms with van der Waals surface area (Å²) in [4.78, 5) is 30.6. The van der Waals surface area contributed by atoms with Crippen LogP contribution >= 0.6 is 22.9 Å². The standard InChI is InChI=1S/C26H17ClN4O3S/c1-13-7-9-19(27)23-22(13)29-26(35-23)31-21(11-14(2)30-31)28-24(32)18-12-17-16-6-4-3-5-15(16)8-10-20(17)34-25(18)33/h3-12H,1-2H3,(H,28,32). The number of halogens is 1. The number of amides is 1. The van der Waals surface area contributed by atoms with Crippen LogP contribution in [0.4, 0.5) is 5.82 Å². The Kier molecular flexibility index (Phi) is 4.94. The summed E-state index contributed by atoms with van der Waals surface area (Å²) in [5, 5.41) is 11.0. The minimum atomic E-state index is -0.713. The van der Waals surface area contributed by atoms with E-state index in [1.54, 1.807) is 22.9 Å². The van der Waals surface area contributed by atoms with Gasteiger partial charge in [-0.3, -0.25) is 4.79 Å². The number of fused-ring (bicyclic) bond motifs is 4. The molecule has 0 unspecified atom stereocenters. The molecule has 0 fully saturated rings. The minimum absolute atomic E-state index is 0.0950. The van der Waals surface area contributed by atoms with Crippen LogP contribution in [0.1, 0.15) is 21.6 Å². The number of carbonyl (C=O) groups is 1. The molecule has 0 aliphatic carbocycles. The highest BCUT2D eigenvalue weighted by molar-refractivity contribution is 7.21. The maximum atomic E-state index is 13.2. The quantitative estimate of drug-likeness (QED) is 0.228. The fourth-order valence-electron chi connectivity index (χ4n) is 4.13. The van der Waals surface area contributed by atoms with Crippen molar-refractivity contribution in [3.63, 3.8) is 0 Å². The maximum Gasteiger partial charge on any atom is 0.349 e. The van der Waals surface area contributed by atoms with Crippen molar-refractivity contribution in [2.24, 2.45) is 0 Å². The number of carbonyl (C=O) groups excluding carboxylic acids is 1. The highest BCUT2D eigenvalue weighted by atomic mass is 35.5. The fraction of sp³-hybridized carbons (Fsp3) is 0.0769. The SMILES string of the molecule is Cc1cc(NC(=O)c2cc3c(ccc4ccccc43)oc2=O)n(-c2nc3c(C)ccc(Cl)c3s2)n1. The number of hydrogen-bond acceptors (Lipinski definition) is 6. The minimum Gasteiger partial charge on any atom is -0.422 e. The number of nitrogens with zero attached hydrogens (tertiary/aromatic N) is 3. The third-order valence-corrected chi connectivity index (χ3v) is 7.32. The van der Waals surface area contributed by atoms with Crippen molar-refractivity contribution in [3.05, 3.63) is 92.9 Å². The Morgan fingerprint density at radius 1 is 1.06 bits per heavy atom. The van der Waals surface area contributed by atoms with Crippen LogP contribution in [0, 0.1) is 13.8 Å². The highest BCUT2D eigenvalue weighted by Crippen LogP contribution is 2.34. The molecule has 0 atom stereocenters. The summed E-state index contributed by atoms with van der Waals surface area (Å²) in [5.74, 6) is -0.206. The van der Waals surface area contributed by atoms with Crippen molar-refractivity contribution in [1.29, 1.82) is 0 Å². The number of rotatable bonds is 3. The van der Waals surface area contributed by atoms with Gasteiger partial charge in [-0.2, -0.15) is 9.78 Å². The molecule has 9 heteroatoms. The first kappa shape index (κ1) is 21.5. The Labute approximate surface area is 207 Å². The lowest BCUT2D eigenvalue weighted by Crippen LogP contribution is -2.22. The Morgan fingerprint density at radius 2 is 1.89 bits per heavy atom. The number of benzene rings is 3. The molecular weight excluding hydrogens is 484 g/mol. The van der Waals surface area contributed by atoms with Gasteiger partial charge in [-0.05, 0) is 48.4 Å². The Hall–Kier alpha value is -4.01. The average Bonchev–Trinajstić information content (AvgIpc) is 3.45. The fourth-order valence-corrected chi connectivity index (χ4v) is 5.41. The van der Waals surface area contributed by atoms with E-state index in [-0.39, 0.29) is 5.56 Å². The van der Waals surface area contributed by atoms with E-state index in [4.69, 9.17) is 21.0 Å². The molecule has 0 bridgehead atoms. The van der Waals surface area contributed by atoms with Gasteiger partial charge in [-0.15, -0.1) is 0 Å². The van der Waals surface area contributed by atoms with Crippen LogP contribution in [0.15, 0.2) is 69.9 Å². The maximum absolute atomic E-state index is 13.2. The molecule has 172 valence electrons. The summed E-state index contributed by atoms with van der Waals surface area (Å²) in [6.07, 6.45) is 0. The molecule has 0 spiro atoms. The molecule has 7 nitrogen and oxygen atoms in total. The molecule has 1 N–H and O–H groups in total. The first-order chi connectivity index (χ1) is 16.9. The van der Waals surface area contributed by atoms with Gasteiger partial charge in [0.05, 0.1) is 20.9 Å². The average molecular weight is 501 g/mol. The first-order valence-electron chi connectivity index (χ1n) is 10.8. The van der Waals surface area contributed by atoms with Crippen molar-refractivity contribution in [2.75, 3.05) is 5.32 Å².